The van der Waals surface area contributed by atoms with Crippen LogP contribution in [0.2, 0.25) is 0 Å². The Balaban J connectivity index is 1.77. The Hall–Kier alpha value is -1.78. The van der Waals surface area contributed by atoms with E-state index in [2.05, 4.69) is 26.9 Å². The Morgan fingerprint density at radius 2 is 2.29 bits per heavy atom. The standard InChI is InChI=1S/C12H19N5/c1-3-11-12(9-16(2)15-11)14-5-4-7-17-8-6-13-10-17/h6,8-10,14H,3-5,7H2,1-2H3. The molecule has 0 saturated carbocycles. The Labute approximate surface area is 101 Å². The van der Waals surface area contributed by atoms with Crippen molar-refractivity contribution in [3.63, 3.8) is 0 Å². The number of nitrogens with zero attached hydrogens (tertiary/aromatic N) is 4. The summed E-state index contributed by atoms with van der Waals surface area (Å²) >= 11 is 0. The van der Waals surface area contributed by atoms with E-state index < -0.39 is 0 Å². The number of rotatable bonds is 6. The Morgan fingerprint density at radius 1 is 1.41 bits per heavy atom. The second kappa shape index (κ2) is 5.52. The van der Waals surface area contributed by atoms with Crippen LogP contribution in [-0.4, -0.2) is 25.9 Å². The lowest BCUT2D eigenvalue weighted by Crippen LogP contribution is -2.06. The fourth-order valence-electron chi connectivity index (χ4n) is 1.85. The topological polar surface area (TPSA) is 47.7 Å². The molecule has 2 aromatic heterocycles. The van der Waals surface area contributed by atoms with E-state index in [1.54, 1.807) is 0 Å². The van der Waals surface area contributed by atoms with Crippen LogP contribution in [0.3, 0.4) is 0 Å². The maximum atomic E-state index is 4.40. The van der Waals surface area contributed by atoms with Gasteiger partial charge in [-0.05, 0) is 12.8 Å². The normalized spacial score (nSPS) is 10.7. The number of aryl methyl sites for hydroxylation is 3. The van der Waals surface area contributed by atoms with Crippen LogP contribution in [0.4, 0.5) is 5.69 Å². The highest BCUT2D eigenvalue weighted by atomic mass is 15.3. The predicted octanol–water partition coefficient (Wildman–Crippen LogP) is 1.68. The van der Waals surface area contributed by atoms with Gasteiger partial charge in [0, 0.05) is 38.7 Å². The van der Waals surface area contributed by atoms with Crippen LogP contribution in [0.25, 0.3) is 0 Å². The first-order valence-electron chi connectivity index (χ1n) is 6.01. The minimum absolute atomic E-state index is 0.955. The zero-order valence-corrected chi connectivity index (χ0v) is 10.4. The van der Waals surface area contributed by atoms with Gasteiger partial charge in [-0.1, -0.05) is 6.92 Å². The van der Waals surface area contributed by atoms with E-state index in [1.807, 2.05) is 36.6 Å². The Kier molecular flexibility index (Phi) is 3.80. The Bertz CT molecular complexity index is 443. The summed E-state index contributed by atoms with van der Waals surface area (Å²) in [5.74, 6) is 0. The third-order valence-electron chi connectivity index (χ3n) is 2.71. The summed E-state index contributed by atoms with van der Waals surface area (Å²) in [7, 11) is 1.95. The lowest BCUT2D eigenvalue weighted by molar-refractivity contribution is 0.660. The van der Waals surface area contributed by atoms with Gasteiger partial charge in [-0.25, -0.2) is 4.98 Å². The molecule has 2 rings (SSSR count). The molecule has 2 heterocycles. The lowest BCUT2D eigenvalue weighted by atomic mass is 10.3. The molecule has 0 fully saturated rings. The van der Waals surface area contributed by atoms with Crippen molar-refractivity contribution in [2.75, 3.05) is 11.9 Å². The van der Waals surface area contributed by atoms with Gasteiger partial charge in [0.1, 0.15) is 0 Å². The van der Waals surface area contributed by atoms with Crippen molar-refractivity contribution >= 4 is 5.69 Å². The molecular formula is C12H19N5. The molecule has 0 aliphatic heterocycles. The van der Waals surface area contributed by atoms with Gasteiger partial charge in [-0.3, -0.25) is 4.68 Å². The van der Waals surface area contributed by atoms with E-state index in [9.17, 15) is 0 Å². The van der Waals surface area contributed by atoms with E-state index in [-0.39, 0.29) is 0 Å². The largest absolute Gasteiger partial charge is 0.382 e. The highest BCUT2D eigenvalue weighted by Gasteiger charge is 2.04. The molecule has 5 nitrogen and oxygen atoms in total. The summed E-state index contributed by atoms with van der Waals surface area (Å²) in [5, 5.41) is 7.83. The fraction of sp³-hybridized carbons (Fsp3) is 0.500. The van der Waals surface area contributed by atoms with Crippen molar-refractivity contribution in [2.24, 2.45) is 7.05 Å². The third-order valence-corrected chi connectivity index (χ3v) is 2.71. The molecule has 2 aromatic rings. The summed E-state index contributed by atoms with van der Waals surface area (Å²) < 4.78 is 3.95. The number of aromatic nitrogens is 4. The molecule has 0 atom stereocenters. The van der Waals surface area contributed by atoms with E-state index in [4.69, 9.17) is 0 Å². The summed E-state index contributed by atoms with van der Waals surface area (Å²) in [5.41, 5.74) is 2.29. The third kappa shape index (κ3) is 3.09. The summed E-state index contributed by atoms with van der Waals surface area (Å²) in [4.78, 5) is 4.02. The molecule has 0 aliphatic carbocycles. The van der Waals surface area contributed by atoms with Crippen LogP contribution >= 0.6 is 0 Å². The maximum absolute atomic E-state index is 4.40. The van der Waals surface area contributed by atoms with Crippen LogP contribution in [0.5, 0.6) is 0 Å². The molecule has 0 amide bonds. The second-order valence-electron chi connectivity index (χ2n) is 4.10. The number of hydrogen-bond acceptors (Lipinski definition) is 3. The van der Waals surface area contributed by atoms with Crippen molar-refractivity contribution < 1.29 is 0 Å². The lowest BCUT2D eigenvalue weighted by Gasteiger charge is -2.05. The molecule has 0 radical (unpaired) electrons. The second-order valence-corrected chi connectivity index (χ2v) is 4.10. The minimum Gasteiger partial charge on any atom is -0.382 e. The molecule has 92 valence electrons. The number of nitrogens with one attached hydrogen (secondary N) is 1. The van der Waals surface area contributed by atoms with Crippen molar-refractivity contribution in [3.05, 3.63) is 30.6 Å². The highest BCUT2D eigenvalue weighted by Crippen LogP contribution is 2.13. The molecule has 0 aliphatic rings. The van der Waals surface area contributed by atoms with Crippen molar-refractivity contribution in [2.45, 2.75) is 26.3 Å². The molecule has 0 saturated heterocycles. The summed E-state index contributed by atoms with van der Waals surface area (Å²) in [6.07, 6.45) is 9.72. The van der Waals surface area contributed by atoms with Gasteiger partial charge < -0.3 is 9.88 Å². The zero-order valence-electron chi connectivity index (χ0n) is 10.4. The van der Waals surface area contributed by atoms with E-state index in [0.717, 1.165) is 37.3 Å². The van der Waals surface area contributed by atoms with E-state index in [1.165, 1.54) is 0 Å². The molecule has 17 heavy (non-hydrogen) atoms. The van der Waals surface area contributed by atoms with Crippen LogP contribution in [0.15, 0.2) is 24.9 Å². The number of anilines is 1. The average molecular weight is 233 g/mol. The van der Waals surface area contributed by atoms with Crippen LogP contribution < -0.4 is 5.32 Å². The molecule has 0 aromatic carbocycles. The Morgan fingerprint density at radius 3 is 3.00 bits per heavy atom. The van der Waals surface area contributed by atoms with Gasteiger partial charge in [0.05, 0.1) is 17.7 Å². The van der Waals surface area contributed by atoms with Gasteiger partial charge in [0.2, 0.25) is 0 Å². The minimum atomic E-state index is 0.955. The van der Waals surface area contributed by atoms with Crippen molar-refractivity contribution in [1.29, 1.82) is 0 Å². The van der Waals surface area contributed by atoms with Gasteiger partial charge in [-0.15, -0.1) is 0 Å². The van der Waals surface area contributed by atoms with Crippen molar-refractivity contribution in [3.8, 4) is 0 Å². The molecular weight excluding hydrogens is 214 g/mol. The van der Waals surface area contributed by atoms with Gasteiger partial charge in [0.15, 0.2) is 0 Å². The smallest absolute Gasteiger partial charge is 0.0945 e. The molecule has 0 bridgehead atoms. The number of hydrogen-bond donors (Lipinski definition) is 1. The first-order chi connectivity index (χ1) is 8.29. The molecule has 5 heteroatoms. The van der Waals surface area contributed by atoms with E-state index >= 15 is 0 Å². The predicted molar refractivity (Wildman–Crippen MR) is 67.9 cm³/mol. The molecule has 0 spiro atoms. The van der Waals surface area contributed by atoms with Crippen LogP contribution in [-0.2, 0) is 20.0 Å². The highest BCUT2D eigenvalue weighted by molar-refractivity contribution is 5.46. The average Bonchev–Trinajstić information content (AvgIpc) is 2.93. The quantitative estimate of drug-likeness (QED) is 0.772. The molecule has 1 N–H and O–H groups in total. The first kappa shape index (κ1) is 11.7. The zero-order chi connectivity index (χ0) is 12.1. The van der Waals surface area contributed by atoms with Crippen molar-refractivity contribution in [1.82, 2.24) is 19.3 Å². The fourth-order valence-corrected chi connectivity index (χ4v) is 1.85. The monoisotopic (exact) mass is 233 g/mol. The van der Waals surface area contributed by atoms with Gasteiger partial charge in [-0.2, -0.15) is 5.10 Å². The summed E-state index contributed by atoms with van der Waals surface area (Å²) in [6.45, 7) is 4.07. The van der Waals surface area contributed by atoms with Crippen LogP contribution in [0, 0.1) is 0 Å². The molecule has 0 unspecified atom stereocenters. The summed E-state index contributed by atoms with van der Waals surface area (Å²) in [6, 6.07) is 0. The first-order valence-corrected chi connectivity index (χ1v) is 6.01. The number of imidazole rings is 1. The van der Waals surface area contributed by atoms with Gasteiger partial charge in [0.25, 0.3) is 0 Å². The SMILES string of the molecule is CCc1nn(C)cc1NCCCn1ccnc1. The maximum Gasteiger partial charge on any atom is 0.0945 e. The van der Waals surface area contributed by atoms with Crippen LogP contribution in [0.1, 0.15) is 19.0 Å². The van der Waals surface area contributed by atoms with Gasteiger partial charge >= 0.3 is 0 Å². The van der Waals surface area contributed by atoms with E-state index in [0.29, 0.717) is 0 Å².